The second-order valence-electron chi connectivity index (χ2n) is 1.47. The third kappa shape index (κ3) is 3.67. The van der Waals surface area contributed by atoms with Crippen molar-refractivity contribution in [3.63, 3.8) is 0 Å². The van der Waals surface area contributed by atoms with Crippen molar-refractivity contribution in [1.29, 1.82) is 0 Å². The van der Waals surface area contributed by atoms with Crippen LogP contribution in [-0.2, 0) is 4.79 Å². The molecule has 0 aliphatic heterocycles. The molecule has 0 amide bonds. The molecule has 0 aromatic heterocycles. The van der Waals surface area contributed by atoms with Crippen molar-refractivity contribution in [2.75, 3.05) is 5.75 Å². The van der Waals surface area contributed by atoms with Gasteiger partial charge in [0.25, 0.3) is 0 Å². The molecule has 0 aromatic carbocycles. The molecule has 0 unspecified atom stereocenters. The minimum atomic E-state index is -0.900. The third-order valence-corrected chi connectivity index (χ3v) is 1.61. The van der Waals surface area contributed by atoms with Crippen molar-refractivity contribution >= 4 is 34.4 Å². The molecule has 1 atom stereocenters. The van der Waals surface area contributed by atoms with Gasteiger partial charge in [-0.1, -0.05) is 0 Å². The number of nitrogens with zero attached hydrogens (tertiary/aromatic N) is 1. The van der Waals surface area contributed by atoms with Gasteiger partial charge in [-0.25, -0.2) is 0 Å². The Morgan fingerprint density at radius 3 is 2.56 bits per heavy atom. The van der Waals surface area contributed by atoms with Gasteiger partial charge in [0.1, 0.15) is 0 Å². The molecule has 0 aromatic rings. The zero-order chi connectivity index (χ0) is 7.28. The first-order chi connectivity index (χ1) is 4.22. The first kappa shape index (κ1) is 9.14. The Morgan fingerprint density at radius 2 is 2.44 bits per heavy atom. The summed E-state index contributed by atoms with van der Waals surface area (Å²) in [6.45, 7) is 0. The Balaban J connectivity index is 3.68. The van der Waals surface area contributed by atoms with Gasteiger partial charge in [0.2, 0.25) is 0 Å². The fourth-order valence-corrected chi connectivity index (χ4v) is 0.998. The van der Waals surface area contributed by atoms with E-state index in [0.717, 1.165) is 0 Å². The van der Waals surface area contributed by atoms with Gasteiger partial charge >= 0.3 is 66.5 Å². The summed E-state index contributed by atoms with van der Waals surface area (Å²) in [7, 11) is 0. The molecule has 0 spiro atoms. The first-order valence-electron chi connectivity index (χ1n) is 2.38. The summed E-state index contributed by atoms with van der Waals surface area (Å²) >= 11 is 6.19. The van der Waals surface area contributed by atoms with E-state index in [4.69, 9.17) is 5.11 Å². The summed E-state index contributed by atoms with van der Waals surface area (Å²) in [5.74, 6) is -0.356. The van der Waals surface area contributed by atoms with Crippen molar-refractivity contribution in [2.24, 2.45) is 3.96 Å². The topological polar surface area (TPSA) is 49.7 Å². The molecule has 5 heteroatoms. The predicted octanol–water partition coefficient (Wildman–Crippen LogP) is 0.112. The van der Waals surface area contributed by atoms with Gasteiger partial charge in [0.05, 0.1) is 0 Å². The van der Waals surface area contributed by atoms with Gasteiger partial charge < -0.3 is 0 Å². The van der Waals surface area contributed by atoms with E-state index in [1.54, 1.807) is 0 Å². The zero-order valence-electron chi connectivity index (χ0n) is 4.65. The van der Waals surface area contributed by atoms with Crippen LogP contribution in [0.15, 0.2) is 3.96 Å². The van der Waals surface area contributed by atoms with Crippen LogP contribution in [0, 0.1) is 0 Å². The number of aliphatic carboxylic acids is 1. The summed E-state index contributed by atoms with van der Waals surface area (Å²) in [5.41, 5.74) is 0. The summed E-state index contributed by atoms with van der Waals surface area (Å²) in [6, 6.07) is -0.623. The zero-order valence-corrected chi connectivity index (χ0v) is 7.26. The van der Waals surface area contributed by atoms with Crippen molar-refractivity contribution < 1.29 is 9.90 Å². The summed E-state index contributed by atoms with van der Waals surface area (Å²) in [6.07, 6.45) is 0.478. The Hall–Kier alpha value is 0.139. The molecule has 0 fully saturated rings. The number of carboxylic acid groups (broad SMARTS) is 1. The van der Waals surface area contributed by atoms with E-state index >= 15 is 0 Å². The normalized spacial score (nSPS) is 12.6. The van der Waals surface area contributed by atoms with Crippen LogP contribution in [0.2, 0.25) is 0 Å². The van der Waals surface area contributed by atoms with E-state index in [2.05, 4.69) is 32.4 Å². The molecular formula is C4H7NO2SSe. The third-order valence-electron chi connectivity index (χ3n) is 0.815. The fraction of sp³-hybridized carbons (Fsp3) is 0.750. The van der Waals surface area contributed by atoms with Gasteiger partial charge in [-0.15, -0.1) is 0 Å². The average molecular weight is 212 g/mol. The quantitative estimate of drug-likeness (QED) is 0.513. The number of hydrogen-bond acceptors (Lipinski definition) is 3. The maximum absolute atomic E-state index is 10.2. The van der Waals surface area contributed by atoms with E-state index in [1.807, 2.05) is 0 Å². The Labute approximate surface area is 66.9 Å². The van der Waals surface area contributed by atoms with E-state index in [1.165, 1.54) is 0 Å². The van der Waals surface area contributed by atoms with Crippen LogP contribution in [0.25, 0.3) is 0 Å². The van der Waals surface area contributed by atoms with Gasteiger partial charge in [-0.05, 0) is 0 Å². The van der Waals surface area contributed by atoms with Crippen LogP contribution < -0.4 is 0 Å². The molecule has 1 N–H and O–H groups in total. The summed E-state index contributed by atoms with van der Waals surface area (Å²) in [4.78, 5) is 10.2. The summed E-state index contributed by atoms with van der Waals surface area (Å²) < 4.78 is 3.50. The molecule has 0 aliphatic rings. The molecule has 52 valence electrons. The molecule has 0 heterocycles. The van der Waals surface area contributed by atoms with Crippen molar-refractivity contribution in [3.05, 3.63) is 0 Å². The molecule has 0 rings (SSSR count). The number of carbonyl (C=O) groups is 1. The van der Waals surface area contributed by atoms with Crippen LogP contribution >= 0.6 is 12.6 Å². The van der Waals surface area contributed by atoms with Crippen molar-refractivity contribution in [1.82, 2.24) is 0 Å². The molecular weight excluding hydrogens is 205 g/mol. The van der Waals surface area contributed by atoms with Gasteiger partial charge in [0.15, 0.2) is 0 Å². The van der Waals surface area contributed by atoms with Gasteiger partial charge in [-0.3, -0.25) is 0 Å². The minimum absolute atomic E-state index is 0.478. The first-order valence-corrected chi connectivity index (χ1v) is 3.78. The molecule has 0 saturated carbocycles. The number of carboxylic acids is 1. The van der Waals surface area contributed by atoms with E-state index < -0.39 is 12.0 Å². The summed E-state index contributed by atoms with van der Waals surface area (Å²) in [5, 5.41) is 8.36. The van der Waals surface area contributed by atoms with E-state index in [9.17, 15) is 4.79 Å². The average Bonchev–Trinajstić information content (AvgIpc) is 1.82. The van der Waals surface area contributed by atoms with Crippen LogP contribution in [-0.4, -0.2) is 38.7 Å². The molecule has 3 nitrogen and oxygen atoms in total. The van der Waals surface area contributed by atoms with Gasteiger partial charge in [0, 0.05) is 0 Å². The van der Waals surface area contributed by atoms with E-state index in [-0.39, 0.29) is 0 Å². The number of thiol groups is 1. The van der Waals surface area contributed by atoms with Crippen LogP contribution in [0.5, 0.6) is 0 Å². The standard InChI is InChI=1S/C4H7NO2SSe/c6-4(7)3(5-9)1-2-8/h3,8H,1-2H2,(H,6,7)/t3-/m0/s1. The second-order valence-corrected chi connectivity index (χ2v) is 2.36. The monoisotopic (exact) mass is 213 g/mol. The molecule has 0 aliphatic carbocycles. The molecule has 9 heavy (non-hydrogen) atoms. The maximum atomic E-state index is 10.2. The Morgan fingerprint density at radius 1 is 1.89 bits per heavy atom. The number of rotatable bonds is 4. The van der Waals surface area contributed by atoms with Gasteiger partial charge in [-0.2, -0.15) is 0 Å². The van der Waals surface area contributed by atoms with Crippen molar-refractivity contribution in [3.8, 4) is 0 Å². The number of hydrogen-bond donors (Lipinski definition) is 2. The van der Waals surface area contributed by atoms with E-state index in [0.29, 0.717) is 12.2 Å². The Bertz CT molecular complexity index is 119. The van der Waals surface area contributed by atoms with Crippen LogP contribution in [0.1, 0.15) is 6.42 Å². The molecule has 0 radical (unpaired) electrons. The van der Waals surface area contributed by atoms with Crippen LogP contribution in [0.3, 0.4) is 0 Å². The molecule has 0 saturated heterocycles. The van der Waals surface area contributed by atoms with Crippen LogP contribution in [0.4, 0.5) is 0 Å². The fourth-order valence-electron chi connectivity index (χ4n) is 0.344. The van der Waals surface area contributed by atoms with Crippen molar-refractivity contribution in [2.45, 2.75) is 12.5 Å². The molecule has 0 bridgehead atoms. The second kappa shape index (κ2) is 4.97. The Kier molecular flexibility index (Phi) is 5.04. The SMILES string of the molecule is O=C(O)[C@H](CCS)N=[Se]. The predicted molar refractivity (Wildman–Crippen MR) is 38.1 cm³/mol.